The molecule has 0 unspecified atom stereocenters. The number of rotatable bonds is 4. The summed E-state index contributed by atoms with van der Waals surface area (Å²) < 4.78 is 5.87. The molecule has 88 valence electrons. The highest BCUT2D eigenvalue weighted by molar-refractivity contribution is 5.29. The maximum atomic E-state index is 5.87. The van der Waals surface area contributed by atoms with Crippen molar-refractivity contribution in [2.75, 3.05) is 6.54 Å². The van der Waals surface area contributed by atoms with Gasteiger partial charge in [0.15, 0.2) is 0 Å². The van der Waals surface area contributed by atoms with Crippen molar-refractivity contribution in [1.29, 1.82) is 0 Å². The van der Waals surface area contributed by atoms with E-state index in [1.807, 2.05) is 24.3 Å². The summed E-state index contributed by atoms with van der Waals surface area (Å²) in [6.07, 6.45) is 5.37. The molecule has 16 heavy (non-hydrogen) atoms. The van der Waals surface area contributed by atoms with Gasteiger partial charge in [0.25, 0.3) is 0 Å². The molecule has 1 aromatic rings. The summed E-state index contributed by atoms with van der Waals surface area (Å²) in [4.78, 5) is 0. The van der Waals surface area contributed by atoms with Gasteiger partial charge >= 0.3 is 0 Å². The SMILES string of the molecule is NC[C@@H](N)c1ccc(OC2CCCC2)cc1. The van der Waals surface area contributed by atoms with E-state index in [1.165, 1.54) is 25.7 Å². The molecule has 1 saturated carbocycles. The normalized spacial score (nSPS) is 18.6. The van der Waals surface area contributed by atoms with Crippen LogP contribution in [-0.2, 0) is 0 Å². The quantitative estimate of drug-likeness (QED) is 0.815. The van der Waals surface area contributed by atoms with Crippen molar-refractivity contribution < 1.29 is 4.74 Å². The van der Waals surface area contributed by atoms with E-state index in [9.17, 15) is 0 Å². The largest absolute Gasteiger partial charge is 0.490 e. The van der Waals surface area contributed by atoms with Gasteiger partial charge in [-0.25, -0.2) is 0 Å². The predicted molar refractivity (Wildman–Crippen MR) is 65.3 cm³/mol. The Morgan fingerprint density at radius 1 is 1.19 bits per heavy atom. The van der Waals surface area contributed by atoms with Gasteiger partial charge in [-0.05, 0) is 43.4 Å². The van der Waals surface area contributed by atoms with Crippen molar-refractivity contribution in [3.63, 3.8) is 0 Å². The molecule has 3 heteroatoms. The van der Waals surface area contributed by atoms with Crippen LogP contribution >= 0.6 is 0 Å². The van der Waals surface area contributed by atoms with Crippen LogP contribution in [0.3, 0.4) is 0 Å². The summed E-state index contributed by atoms with van der Waals surface area (Å²) >= 11 is 0. The Labute approximate surface area is 96.8 Å². The fourth-order valence-electron chi connectivity index (χ4n) is 2.13. The van der Waals surface area contributed by atoms with Gasteiger partial charge in [0.2, 0.25) is 0 Å². The van der Waals surface area contributed by atoms with E-state index >= 15 is 0 Å². The Morgan fingerprint density at radius 2 is 1.81 bits per heavy atom. The van der Waals surface area contributed by atoms with E-state index in [-0.39, 0.29) is 6.04 Å². The lowest BCUT2D eigenvalue weighted by Crippen LogP contribution is -2.20. The minimum Gasteiger partial charge on any atom is -0.490 e. The third kappa shape index (κ3) is 2.74. The molecule has 1 aliphatic carbocycles. The standard InChI is InChI=1S/C13H20N2O/c14-9-13(15)10-5-7-12(8-6-10)16-11-3-1-2-4-11/h5-8,11,13H,1-4,9,14-15H2/t13-/m1/s1. The second-order valence-corrected chi connectivity index (χ2v) is 4.44. The van der Waals surface area contributed by atoms with Gasteiger partial charge in [-0.1, -0.05) is 12.1 Å². The van der Waals surface area contributed by atoms with Crippen LogP contribution in [-0.4, -0.2) is 12.6 Å². The van der Waals surface area contributed by atoms with Crippen LogP contribution in [0.1, 0.15) is 37.3 Å². The molecule has 0 amide bonds. The van der Waals surface area contributed by atoms with Crippen LogP contribution in [0.25, 0.3) is 0 Å². The maximum Gasteiger partial charge on any atom is 0.119 e. The molecule has 1 atom stereocenters. The summed E-state index contributed by atoms with van der Waals surface area (Å²) in [5, 5.41) is 0. The highest BCUT2D eigenvalue weighted by atomic mass is 16.5. The molecule has 0 spiro atoms. The molecular weight excluding hydrogens is 200 g/mol. The minimum absolute atomic E-state index is 0.0690. The summed E-state index contributed by atoms with van der Waals surface area (Å²) in [5.41, 5.74) is 12.4. The maximum absolute atomic E-state index is 5.87. The summed E-state index contributed by atoms with van der Waals surface area (Å²) in [5.74, 6) is 0.944. The zero-order chi connectivity index (χ0) is 11.4. The second-order valence-electron chi connectivity index (χ2n) is 4.44. The fraction of sp³-hybridized carbons (Fsp3) is 0.538. The lowest BCUT2D eigenvalue weighted by atomic mass is 10.1. The van der Waals surface area contributed by atoms with Crippen LogP contribution in [0, 0.1) is 0 Å². The van der Waals surface area contributed by atoms with Crippen molar-refractivity contribution >= 4 is 0 Å². The van der Waals surface area contributed by atoms with Crippen LogP contribution in [0.4, 0.5) is 0 Å². The zero-order valence-corrected chi connectivity index (χ0v) is 9.56. The van der Waals surface area contributed by atoms with E-state index in [0.29, 0.717) is 12.6 Å². The smallest absolute Gasteiger partial charge is 0.119 e. The van der Waals surface area contributed by atoms with Crippen LogP contribution in [0.2, 0.25) is 0 Å². The zero-order valence-electron chi connectivity index (χ0n) is 9.56. The first-order valence-corrected chi connectivity index (χ1v) is 6.02. The molecule has 0 saturated heterocycles. The molecule has 1 fully saturated rings. The first kappa shape index (κ1) is 11.4. The van der Waals surface area contributed by atoms with Gasteiger partial charge in [-0.15, -0.1) is 0 Å². The molecule has 0 bridgehead atoms. The van der Waals surface area contributed by atoms with Gasteiger partial charge in [-0.3, -0.25) is 0 Å². The van der Waals surface area contributed by atoms with Crippen molar-refractivity contribution in [2.45, 2.75) is 37.8 Å². The molecule has 3 nitrogen and oxygen atoms in total. The Kier molecular flexibility index (Phi) is 3.80. The lowest BCUT2D eigenvalue weighted by Gasteiger charge is -2.14. The van der Waals surface area contributed by atoms with Gasteiger partial charge in [0.05, 0.1) is 6.10 Å². The number of hydrogen-bond donors (Lipinski definition) is 2. The number of nitrogens with two attached hydrogens (primary N) is 2. The van der Waals surface area contributed by atoms with E-state index in [4.69, 9.17) is 16.2 Å². The first-order chi connectivity index (χ1) is 7.79. The number of hydrogen-bond acceptors (Lipinski definition) is 3. The fourth-order valence-corrected chi connectivity index (χ4v) is 2.13. The molecule has 0 radical (unpaired) electrons. The third-order valence-corrected chi connectivity index (χ3v) is 3.17. The predicted octanol–water partition coefficient (Wildman–Crippen LogP) is 1.97. The number of ether oxygens (including phenoxy) is 1. The van der Waals surface area contributed by atoms with Crippen molar-refractivity contribution in [3.05, 3.63) is 29.8 Å². The second kappa shape index (κ2) is 5.32. The Balaban J connectivity index is 1.96. The molecule has 1 aliphatic rings. The summed E-state index contributed by atoms with van der Waals surface area (Å²) in [6.45, 7) is 0.475. The van der Waals surface area contributed by atoms with Gasteiger partial charge in [0, 0.05) is 12.6 Å². The Hall–Kier alpha value is -1.06. The van der Waals surface area contributed by atoms with Gasteiger partial charge < -0.3 is 16.2 Å². The molecule has 0 heterocycles. The molecule has 2 rings (SSSR count). The van der Waals surface area contributed by atoms with Gasteiger partial charge in [0.1, 0.15) is 5.75 Å². The highest BCUT2D eigenvalue weighted by Crippen LogP contribution is 2.24. The van der Waals surface area contributed by atoms with Gasteiger partial charge in [-0.2, -0.15) is 0 Å². The summed E-state index contributed by atoms with van der Waals surface area (Å²) in [6, 6.07) is 7.91. The van der Waals surface area contributed by atoms with E-state index in [0.717, 1.165) is 11.3 Å². The summed E-state index contributed by atoms with van der Waals surface area (Å²) in [7, 11) is 0. The van der Waals surface area contributed by atoms with E-state index in [2.05, 4.69) is 0 Å². The molecule has 0 aliphatic heterocycles. The highest BCUT2D eigenvalue weighted by Gasteiger charge is 2.16. The van der Waals surface area contributed by atoms with Crippen LogP contribution in [0.5, 0.6) is 5.75 Å². The van der Waals surface area contributed by atoms with Crippen molar-refractivity contribution in [3.8, 4) is 5.75 Å². The molecular formula is C13H20N2O. The topological polar surface area (TPSA) is 61.3 Å². The Bertz CT molecular complexity index is 317. The van der Waals surface area contributed by atoms with Crippen LogP contribution in [0.15, 0.2) is 24.3 Å². The van der Waals surface area contributed by atoms with E-state index < -0.39 is 0 Å². The Morgan fingerprint density at radius 3 is 2.38 bits per heavy atom. The monoisotopic (exact) mass is 220 g/mol. The molecule has 1 aromatic carbocycles. The average Bonchev–Trinajstić information content (AvgIpc) is 2.82. The average molecular weight is 220 g/mol. The number of benzene rings is 1. The van der Waals surface area contributed by atoms with E-state index in [1.54, 1.807) is 0 Å². The third-order valence-electron chi connectivity index (χ3n) is 3.17. The molecule has 4 N–H and O–H groups in total. The first-order valence-electron chi connectivity index (χ1n) is 6.02. The van der Waals surface area contributed by atoms with Crippen LogP contribution < -0.4 is 16.2 Å². The van der Waals surface area contributed by atoms with Crippen molar-refractivity contribution in [2.24, 2.45) is 11.5 Å². The molecule has 0 aromatic heterocycles. The minimum atomic E-state index is -0.0690. The van der Waals surface area contributed by atoms with Crippen molar-refractivity contribution in [1.82, 2.24) is 0 Å². The lowest BCUT2D eigenvalue weighted by molar-refractivity contribution is 0.210.